The van der Waals surface area contributed by atoms with Crippen molar-refractivity contribution in [2.24, 2.45) is 0 Å². The van der Waals surface area contributed by atoms with Crippen molar-refractivity contribution >= 4 is 39.0 Å². The zero-order chi connectivity index (χ0) is 20.2. The van der Waals surface area contributed by atoms with Crippen LogP contribution in [0.25, 0.3) is 21.7 Å². The Morgan fingerprint density at radius 2 is 1.79 bits per heavy atom. The maximum absolute atomic E-state index is 12.4. The number of benzene rings is 3. The van der Waals surface area contributed by atoms with Gasteiger partial charge in [0.2, 0.25) is 5.91 Å². The fraction of sp³-hybridized carbons (Fsp3) is 0.136. The Morgan fingerprint density at radius 3 is 2.59 bits per heavy atom. The molecule has 1 aromatic heterocycles. The number of furan rings is 1. The molecule has 2 N–H and O–H groups in total. The monoisotopic (exact) mass is 389 g/mol. The Morgan fingerprint density at radius 1 is 1.00 bits per heavy atom. The van der Waals surface area contributed by atoms with Crippen LogP contribution in [-0.4, -0.2) is 23.9 Å². The van der Waals surface area contributed by atoms with Crippen molar-refractivity contribution in [3.05, 3.63) is 82.6 Å². The molecule has 29 heavy (non-hydrogen) atoms. The molecule has 7 nitrogen and oxygen atoms in total. The number of hydrogen-bond donors (Lipinski definition) is 2. The Labute approximate surface area is 166 Å². The second-order valence-electron chi connectivity index (χ2n) is 6.68. The summed E-state index contributed by atoms with van der Waals surface area (Å²) in [4.78, 5) is 22.6. The lowest BCUT2D eigenvalue weighted by atomic mass is 10.0. The van der Waals surface area contributed by atoms with E-state index < -0.39 is 4.92 Å². The van der Waals surface area contributed by atoms with Gasteiger partial charge < -0.3 is 15.1 Å². The number of carbonyl (C=O) groups excluding carboxylic acids is 1. The van der Waals surface area contributed by atoms with Crippen LogP contribution in [0.2, 0.25) is 0 Å². The van der Waals surface area contributed by atoms with Crippen molar-refractivity contribution in [1.82, 2.24) is 5.32 Å². The molecular formula is C22H19N3O4. The zero-order valence-electron chi connectivity index (χ0n) is 15.6. The average molecular weight is 389 g/mol. The Kier molecular flexibility index (Phi) is 5.11. The van der Waals surface area contributed by atoms with Crippen LogP contribution in [0.4, 0.5) is 11.4 Å². The molecule has 0 aliphatic carbocycles. The van der Waals surface area contributed by atoms with Gasteiger partial charge in [-0.25, -0.2) is 0 Å². The van der Waals surface area contributed by atoms with E-state index in [9.17, 15) is 14.9 Å². The topological polar surface area (TPSA) is 97.4 Å². The Balaban J connectivity index is 1.34. The first kappa shape index (κ1) is 18.5. The number of rotatable bonds is 7. The number of nitrogens with one attached hydrogen (secondary N) is 2. The molecular weight excluding hydrogens is 370 g/mol. The fourth-order valence-corrected chi connectivity index (χ4v) is 3.35. The van der Waals surface area contributed by atoms with Gasteiger partial charge in [0.05, 0.1) is 17.6 Å². The summed E-state index contributed by atoms with van der Waals surface area (Å²) in [6.07, 6.45) is 1.88. The van der Waals surface area contributed by atoms with E-state index in [4.69, 9.17) is 4.42 Å². The molecule has 7 heteroatoms. The van der Waals surface area contributed by atoms with Crippen molar-refractivity contribution in [2.75, 3.05) is 18.4 Å². The predicted molar refractivity (Wildman–Crippen MR) is 112 cm³/mol. The lowest BCUT2D eigenvalue weighted by Crippen LogP contribution is -2.29. The predicted octanol–water partition coefficient (Wildman–Crippen LogP) is 4.27. The van der Waals surface area contributed by atoms with E-state index in [-0.39, 0.29) is 18.0 Å². The Hall–Kier alpha value is -3.87. The third-order valence-electron chi connectivity index (χ3n) is 4.75. The van der Waals surface area contributed by atoms with Gasteiger partial charge in [0, 0.05) is 41.9 Å². The van der Waals surface area contributed by atoms with E-state index in [1.165, 1.54) is 12.1 Å². The van der Waals surface area contributed by atoms with Gasteiger partial charge in [0.25, 0.3) is 5.69 Å². The number of hydrogen-bond acceptors (Lipinski definition) is 5. The summed E-state index contributed by atoms with van der Waals surface area (Å²) in [7, 11) is 0. The lowest BCUT2D eigenvalue weighted by molar-refractivity contribution is -0.384. The molecule has 0 bridgehead atoms. The smallest absolute Gasteiger partial charge is 0.269 e. The van der Waals surface area contributed by atoms with Gasteiger partial charge in [-0.2, -0.15) is 0 Å². The minimum atomic E-state index is -0.438. The van der Waals surface area contributed by atoms with Gasteiger partial charge in [-0.15, -0.1) is 0 Å². The molecule has 0 saturated carbocycles. The molecule has 0 fully saturated rings. The van der Waals surface area contributed by atoms with E-state index in [1.807, 2.05) is 36.4 Å². The molecule has 0 radical (unpaired) electrons. The molecule has 0 spiro atoms. The highest BCUT2D eigenvalue weighted by molar-refractivity contribution is 6.08. The van der Waals surface area contributed by atoms with Crippen molar-refractivity contribution in [3.8, 4) is 0 Å². The minimum absolute atomic E-state index is 0.0451. The van der Waals surface area contributed by atoms with Gasteiger partial charge in [0.1, 0.15) is 5.58 Å². The summed E-state index contributed by atoms with van der Waals surface area (Å²) >= 11 is 0. The maximum Gasteiger partial charge on any atom is 0.269 e. The first-order valence-electron chi connectivity index (χ1n) is 9.24. The summed E-state index contributed by atoms with van der Waals surface area (Å²) < 4.78 is 5.63. The third-order valence-corrected chi connectivity index (χ3v) is 4.75. The first-order valence-corrected chi connectivity index (χ1v) is 9.24. The molecule has 4 aromatic rings. The number of non-ortho nitro benzene ring substituents is 1. The van der Waals surface area contributed by atoms with Gasteiger partial charge in [-0.05, 0) is 29.0 Å². The number of fused-ring (bicyclic) bond motifs is 3. The summed E-state index contributed by atoms with van der Waals surface area (Å²) in [5.41, 5.74) is 2.44. The van der Waals surface area contributed by atoms with E-state index in [0.29, 0.717) is 13.1 Å². The average Bonchev–Trinajstić information content (AvgIpc) is 3.15. The number of nitro groups is 1. The largest absolute Gasteiger partial charge is 0.464 e. The molecule has 0 unspecified atom stereocenters. The normalized spacial score (nSPS) is 10.9. The zero-order valence-corrected chi connectivity index (χ0v) is 15.6. The first-order chi connectivity index (χ1) is 14.1. The third kappa shape index (κ3) is 4.03. The number of amides is 1. The lowest BCUT2D eigenvalue weighted by Gasteiger charge is -2.08. The standard InChI is InChI=1S/C22H19N3O4/c26-21(24-12-11-23-17-6-8-18(9-7-17)25(27)28)13-16-14-29-20-10-5-15-3-1-2-4-19(15)22(16)20/h1-10,14,23H,11-13H2,(H,24,26). The summed E-state index contributed by atoms with van der Waals surface area (Å²) in [5, 5.41) is 19.8. The quantitative estimate of drug-likeness (QED) is 0.280. The van der Waals surface area contributed by atoms with Crippen molar-refractivity contribution < 1.29 is 14.1 Å². The number of carbonyl (C=O) groups is 1. The highest BCUT2D eigenvalue weighted by Crippen LogP contribution is 2.30. The van der Waals surface area contributed by atoms with E-state index >= 15 is 0 Å². The highest BCUT2D eigenvalue weighted by atomic mass is 16.6. The SMILES string of the molecule is O=C(Cc1coc2ccc3ccccc3c12)NCCNc1ccc([N+](=O)[O-])cc1. The summed E-state index contributed by atoms with van der Waals surface area (Å²) in [5.74, 6) is -0.0915. The number of nitrogens with zero attached hydrogens (tertiary/aromatic N) is 1. The molecule has 4 rings (SSSR count). The Bertz CT molecular complexity index is 1180. The second kappa shape index (κ2) is 8.02. The van der Waals surface area contributed by atoms with Crippen LogP contribution in [0.5, 0.6) is 0 Å². The van der Waals surface area contributed by atoms with Crippen LogP contribution in [-0.2, 0) is 11.2 Å². The van der Waals surface area contributed by atoms with Gasteiger partial charge in [-0.3, -0.25) is 14.9 Å². The van der Waals surface area contributed by atoms with Crippen LogP contribution >= 0.6 is 0 Å². The van der Waals surface area contributed by atoms with Crippen LogP contribution in [0.3, 0.4) is 0 Å². The van der Waals surface area contributed by atoms with Crippen molar-refractivity contribution in [3.63, 3.8) is 0 Å². The van der Waals surface area contributed by atoms with Gasteiger partial charge >= 0.3 is 0 Å². The molecule has 1 heterocycles. The highest BCUT2D eigenvalue weighted by Gasteiger charge is 2.13. The van der Waals surface area contributed by atoms with Crippen LogP contribution in [0.1, 0.15) is 5.56 Å². The maximum atomic E-state index is 12.4. The second-order valence-corrected chi connectivity index (χ2v) is 6.68. The van der Waals surface area contributed by atoms with Crippen molar-refractivity contribution in [2.45, 2.75) is 6.42 Å². The summed E-state index contributed by atoms with van der Waals surface area (Å²) in [6, 6.07) is 18.1. The van der Waals surface area contributed by atoms with Gasteiger partial charge in [-0.1, -0.05) is 30.3 Å². The van der Waals surface area contributed by atoms with E-state index in [2.05, 4.69) is 10.6 Å². The number of nitro benzene ring substituents is 1. The molecule has 0 aliphatic rings. The fourth-order valence-electron chi connectivity index (χ4n) is 3.35. The molecule has 1 amide bonds. The molecule has 3 aromatic carbocycles. The number of anilines is 1. The van der Waals surface area contributed by atoms with Crippen LogP contribution in [0, 0.1) is 10.1 Å². The minimum Gasteiger partial charge on any atom is -0.464 e. The summed E-state index contributed by atoms with van der Waals surface area (Å²) in [6.45, 7) is 0.949. The molecule has 146 valence electrons. The van der Waals surface area contributed by atoms with Gasteiger partial charge in [0.15, 0.2) is 0 Å². The van der Waals surface area contributed by atoms with Crippen LogP contribution in [0.15, 0.2) is 71.3 Å². The molecule has 0 aliphatic heterocycles. The van der Waals surface area contributed by atoms with Crippen molar-refractivity contribution in [1.29, 1.82) is 0 Å². The van der Waals surface area contributed by atoms with E-state index in [1.54, 1.807) is 18.4 Å². The van der Waals surface area contributed by atoms with Crippen LogP contribution < -0.4 is 10.6 Å². The molecule has 0 atom stereocenters. The van der Waals surface area contributed by atoms with E-state index in [0.717, 1.165) is 33.0 Å². The molecule has 0 saturated heterocycles.